The number of amides is 2. The molecule has 1 fully saturated rings. The van der Waals surface area contributed by atoms with E-state index in [2.05, 4.69) is 22.7 Å². The second kappa shape index (κ2) is 8.63. The summed E-state index contributed by atoms with van der Waals surface area (Å²) >= 11 is 0. The number of carbonyl (C=O) groups excluding carboxylic acids is 2. The van der Waals surface area contributed by atoms with Crippen molar-refractivity contribution in [3.63, 3.8) is 0 Å². The Kier molecular flexibility index (Phi) is 5.75. The SMILES string of the molecule is CCNC(=O)n1nc(-c2ccc(NC(=O)c3ccc(CC)cc3)cc2O)cc1C1CC1. The van der Waals surface area contributed by atoms with E-state index in [0.29, 0.717) is 35.0 Å². The number of phenolic OH excluding ortho intramolecular Hbond substituents is 1. The lowest BCUT2D eigenvalue weighted by atomic mass is 10.1. The molecule has 0 atom stereocenters. The van der Waals surface area contributed by atoms with Gasteiger partial charge in [-0.25, -0.2) is 4.79 Å². The Labute approximate surface area is 181 Å². The quantitative estimate of drug-likeness (QED) is 0.548. The molecule has 31 heavy (non-hydrogen) atoms. The van der Waals surface area contributed by atoms with Crippen LogP contribution in [0.2, 0.25) is 0 Å². The topological polar surface area (TPSA) is 96.3 Å². The summed E-state index contributed by atoms with van der Waals surface area (Å²) in [4.78, 5) is 24.9. The molecule has 3 N–H and O–H groups in total. The monoisotopic (exact) mass is 418 g/mol. The number of nitrogens with one attached hydrogen (secondary N) is 2. The van der Waals surface area contributed by atoms with Crippen LogP contribution in [0.1, 0.15) is 54.2 Å². The second-order valence-corrected chi connectivity index (χ2v) is 7.71. The lowest BCUT2D eigenvalue weighted by Gasteiger charge is -2.08. The smallest absolute Gasteiger partial charge is 0.342 e. The molecule has 0 spiro atoms. The van der Waals surface area contributed by atoms with Gasteiger partial charge in [0.25, 0.3) is 5.91 Å². The third kappa shape index (κ3) is 4.45. The summed E-state index contributed by atoms with van der Waals surface area (Å²) in [5, 5.41) is 20.6. The fraction of sp³-hybridized carbons (Fsp3) is 0.292. The zero-order valence-electron chi connectivity index (χ0n) is 17.7. The molecule has 160 valence electrons. The van der Waals surface area contributed by atoms with Gasteiger partial charge in [-0.2, -0.15) is 9.78 Å². The van der Waals surface area contributed by atoms with Crippen molar-refractivity contribution in [3.05, 3.63) is 65.4 Å². The number of hydrogen-bond donors (Lipinski definition) is 3. The molecule has 1 aliphatic rings. The van der Waals surface area contributed by atoms with Crippen LogP contribution in [-0.4, -0.2) is 33.4 Å². The molecule has 1 aliphatic carbocycles. The van der Waals surface area contributed by atoms with Gasteiger partial charge in [-0.3, -0.25) is 4.79 Å². The number of rotatable bonds is 6. The molecule has 3 aromatic rings. The minimum Gasteiger partial charge on any atom is -0.507 e. The van der Waals surface area contributed by atoms with Crippen LogP contribution in [0.5, 0.6) is 5.75 Å². The van der Waals surface area contributed by atoms with Crippen LogP contribution < -0.4 is 10.6 Å². The average molecular weight is 418 g/mol. The number of aryl methyl sites for hydroxylation is 1. The van der Waals surface area contributed by atoms with E-state index in [0.717, 1.165) is 30.5 Å². The average Bonchev–Trinajstić information content (AvgIpc) is 3.52. The molecular weight excluding hydrogens is 392 g/mol. The molecule has 1 heterocycles. The van der Waals surface area contributed by atoms with Gasteiger partial charge in [0.15, 0.2) is 0 Å². The van der Waals surface area contributed by atoms with Crippen LogP contribution in [-0.2, 0) is 6.42 Å². The number of benzene rings is 2. The maximum absolute atomic E-state index is 12.5. The van der Waals surface area contributed by atoms with E-state index >= 15 is 0 Å². The summed E-state index contributed by atoms with van der Waals surface area (Å²) in [6.07, 6.45) is 2.97. The molecule has 0 bridgehead atoms. The fourth-order valence-corrected chi connectivity index (χ4v) is 3.51. The van der Waals surface area contributed by atoms with Gasteiger partial charge in [0.2, 0.25) is 0 Å². The Balaban J connectivity index is 1.55. The van der Waals surface area contributed by atoms with Gasteiger partial charge in [0.05, 0.1) is 11.4 Å². The molecular formula is C24H26N4O3. The highest BCUT2D eigenvalue weighted by Crippen LogP contribution is 2.42. The van der Waals surface area contributed by atoms with Gasteiger partial charge in [-0.05, 0) is 62.1 Å². The molecule has 0 saturated heterocycles. The number of phenols is 1. The van der Waals surface area contributed by atoms with Crippen LogP contribution in [0.3, 0.4) is 0 Å². The molecule has 0 radical (unpaired) electrons. The minimum atomic E-state index is -0.270. The summed E-state index contributed by atoms with van der Waals surface area (Å²) in [6.45, 7) is 4.43. The standard InChI is InChI=1S/C24H26N4O3/c1-3-15-5-7-17(8-6-15)23(30)26-18-11-12-19(22(29)13-18)20-14-21(16-9-10-16)28(27-20)24(31)25-4-2/h5-8,11-14,16,29H,3-4,9-10H2,1-2H3,(H,25,31)(H,26,30). The van der Waals surface area contributed by atoms with E-state index in [1.807, 2.05) is 25.1 Å². The van der Waals surface area contributed by atoms with E-state index in [1.54, 1.807) is 24.3 Å². The molecule has 0 aliphatic heterocycles. The van der Waals surface area contributed by atoms with E-state index in [9.17, 15) is 14.7 Å². The van der Waals surface area contributed by atoms with Crippen LogP contribution in [0.4, 0.5) is 10.5 Å². The van der Waals surface area contributed by atoms with Crippen molar-refractivity contribution < 1.29 is 14.7 Å². The van der Waals surface area contributed by atoms with Crippen molar-refractivity contribution >= 4 is 17.6 Å². The van der Waals surface area contributed by atoms with E-state index in [1.165, 1.54) is 10.7 Å². The first-order valence-electron chi connectivity index (χ1n) is 10.6. The minimum absolute atomic E-state index is 0.0120. The summed E-state index contributed by atoms with van der Waals surface area (Å²) in [5.74, 6) is 0.0667. The molecule has 2 aromatic carbocycles. The van der Waals surface area contributed by atoms with Crippen LogP contribution in [0.25, 0.3) is 11.3 Å². The van der Waals surface area contributed by atoms with Crippen molar-refractivity contribution in [2.45, 2.75) is 39.0 Å². The molecule has 7 nitrogen and oxygen atoms in total. The number of carbonyl (C=O) groups is 2. The Morgan fingerprint density at radius 3 is 2.45 bits per heavy atom. The summed E-state index contributed by atoms with van der Waals surface area (Å²) in [5.41, 5.74) is 4.09. The van der Waals surface area contributed by atoms with Gasteiger partial charge >= 0.3 is 6.03 Å². The van der Waals surface area contributed by atoms with Crippen molar-refractivity contribution in [2.24, 2.45) is 0 Å². The molecule has 1 saturated carbocycles. The highest BCUT2D eigenvalue weighted by Gasteiger charge is 2.30. The van der Waals surface area contributed by atoms with Crippen molar-refractivity contribution in [2.75, 3.05) is 11.9 Å². The molecule has 0 unspecified atom stereocenters. The molecule has 4 rings (SSSR count). The molecule has 2 amide bonds. The maximum atomic E-state index is 12.5. The lowest BCUT2D eigenvalue weighted by molar-refractivity contribution is 0.102. The number of aromatic nitrogens is 2. The number of nitrogens with zero attached hydrogens (tertiary/aromatic N) is 2. The van der Waals surface area contributed by atoms with E-state index < -0.39 is 0 Å². The van der Waals surface area contributed by atoms with Gasteiger partial charge in [0.1, 0.15) is 5.75 Å². The fourth-order valence-electron chi connectivity index (χ4n) is 3.51. The van der Waals surface area contributed by atoms with Gasteiger partial charge in [-0.1, -0.05) is 19.1 Å². The predicted molar refractivity (Wildman–Crippen MR) is 120 cm³/mol. The third-order valence-electron chi connectivity index (χ3n) is 5.41. The Bertz CT molecular complexity index is 1110. The predicted octanol–water partition coefficient (Wildman–Crippen LogP) is 4.53. The highest BCUT2D eigenvalue weighted by atomic mass is 16.3. The molecule has 1 aromatic heterocycles. The number of anilines is 1. The van der Waals surface area contributed by atoms with E-state index in [4.69, 9.17) is 0 Å². The van der Waals surface area contributed by atoms with Gasteiger partial charge in [-0.15, -0.1) is 0 Å². The number of hydrogen-bond acceptors (Lipinski definition) is 4. The highest BCUT2D eigenvalue weighted by molar-refractivity contribution is 6.04. The summed E-state index contributed by atoms with van der Waals surface area (Å²) < 4.78 is 1.39. The van der Waals surface area contributed by atoms with Crippen LogP contribution in [0, 0.1) is 0 Å². The normalized spacial score (nSPS) is 13.1. The first kappa shape index (κ1) is 20.7. The van der Waals surface area contributed by atoms with Crippen molar-refractivity contribution in [1.29, 1.82) is 0 Å². The largest absolute Gasteiger partial charge is 0.507 e. The first-order valence-corrected chi connectivity index (χ1v) is 10.6. The lowest BCUT2D eigenvalue weighted by Crippen LogP contribution is -2.30. The van der Waals surface area contributed by atoms with Crippen molar-refractivity contribution in [3.8, 4) is 17.0 Å². The second-order valence-electron chi connectivity index (χ2n) is 7.71. The summed E-state index contributed by atoms with van der Waals surface area (Å²) in [7, 11) is 0. The summed E-state index contributed by atoms with van der Waals surface area (Å²) in [6, 6.07) is 13.9. The van der Waals surface area contributed by atoms with Crippen LogP contribution >= 0.6 is 0 Å². The first-order chi connectivity index (χ1) is 15.0. The third-order valence-corrected chi connectivity index (χ3v) is 5.41. The van der Waals surface area contributed by atoms with Crippen molar-refractivity contribution in [1.82, 2.24) is 15.1 Å². The number of aromatic hydroxyl groups is 1. The Morgan fingerprint density at radius 2 is 1.84 bits per heavy atom. The zero-order chi connectivity index (χ0) is 22.0. The Morgan fingerprint density at radius 1 is 1.10 bits per heavy atom. The van der Waals surface area contributed by atoms with E-state index in [-0.39, 0.29) is 17.7 Å². The van der Waals surface area contributed by atoms with Gasteiger partial charge < -0.3 is 15.7 Å². The van der Waals surface area contributed by atoms with Gasteiger partial charge in [0, 0.05) is 35.3 Å². The Hall–Kier alpha value is -3.61. The van der Waals surface area contributed by atoms with Crippen LogP contribution in [0.15, 0.2) is 48.5 Å². The molecule has 7 heteroatoms. The maximum Gasteiger partial charge on any atom is 0.342 e. The zero-order valence-corrected chi connectivity index (χ0v) is 17.7.